The predicted molar refractivity (Wildman–Crippen MR) is 119 cm³/mol. The largest absolute Gasteiger partial charge is 0.319 e. The van der Waals surface area contributed by atoms with Crippen molar-refractivity contribution in [1.82, 2.24) is 8.87 Å². The first-order valence-corrected chi connectivity index (χ1v) is 12.3. The molecule has 158 valence electrons. The maximum Gasteiger partial charge on any atom is 0.279 e. The molecule has 1 aliphatic rings. The number of hydrogen-bond donors (Lipinski definition) is 0. The zero-order chi connectivity index (χ0) is 21.5. The van der Waals surface area contributed by atoms with Gasteiger partial charge in [-0.25, -0.2) is 8.42 Å². The molecule has 2 aromatic carbocycles. The van der Waals surface area contributed by atoms with Gasteiger partial charge in [0.25, 0.3) is 5.91 Å². The van der Waals surface area contributed by atoms with Gasteiger partial charge in [0.15, 0.2) is 4.80 Å². The summed E-state index contributed by atoms with van der Waals surface area (Å²) in [5, 5.41) is 0. The van der Waals surface area contributed by atoms with Crippen molar-refractivity contribution in [3.05, 3.63) is 58.4 Å². The molecule has 1 aromatic heterocycles. The van der Waals surface area contributed by atoms with Crippen molar-refractivity contribution < 1.29 is 13.2 Å². The maximum atomic E-state index is 12.9. The van der Waals surface area contributed by atoms with Crippen molar-refractivity contribution >= 4 is 37.5 Å². The second-order valence-corrected chi connectivity index (χ2v) is 10.9. The van der Waals surface area contributed by atoms with E-state index in [-0.39, 0.29) is 10.8 Å². The molecule has 3 aromatic rings. The molecule has 8 heteroatoms. The van der Waals surface area contributed by atoms with Crippen molar-refractivity contribution in [3.63, 3.8) is 0 Å². The number of thiazole rings is 1. The third kappa shape index (κ3) is 3.87. The van der Waals surface area contributed by atoms with Gasteiger partial charge in [-0.2, -0.15) is 9.30 Å². The first kappa shape index (κ1) is 21.0. The zero-order valence-corrected chi connectivity index (χ0v) is 19.0. The molecule has 4 rings (SSSR count). The number of aryl methyl sites for hydroxylation is 2. The second-order valence-electron chi connectivity index (χ2n) is 7.92. The van der Waals surface area contributed by atoms with E-state index in [9.17, 15) is 13.2 Å². The molecule has 1 fully saturated rings. The van der Waals surface area contributed by atoms with Gasteiger partial charge in [-0.05, 0) is 61.6 Å². The van der Waals surface area contributed by atoms with E-state index in [1.807, 2.05) is 36.7 Å². The van der Waals surface area contributed by atoms with Crippen molar-refractivity contribution in [2.24, 2.45) is 18.0 Å². The highest BCUT2D eigenvalue weighted by Gasteiger charge is 2.28. The number of fused-ring (bicyclic) bond motifs is 1. The summed E-state index contributed by atoms with van der Waals surface area (Å²) in [5.41, 5.74) is 2.56. The molecule has 0 saturated carbocycles. The fourth-order valence-corrected chi connectivity index (χ4v) is 6.63. The molecule has 1 unspecified atom stereocenters. The number of sulfonamides is 1. The van der Waals surface area contributed by atoms with Crippen LogP contribution in [-0.4, -0.2) is 36.3 Å². The Labute approximate surface area is 180 Å². The van der Waals surface area contributed by atoms with E-state index >= 15 is 0 Å². The zero-order valence-electron chi connectivity index (χ0n) is 17.3. The minimum absolute atomic E-state index is 0.219. The van der Waals surface area contributed by atoms with Crippen LogP contribution in [0.25, 0.3) is 10.2 Å². The Bertz CT molecular complexity index is 1270. The second kappa shape index (κ2) is 8.09. The van der Waals surface area contributed by atoms with Gasteiger partial charge in [0, 0.05) is 25.7 Å². The summed E-state index contributed by atoms with van der Waals surface area (Å²) < 4.78 is 30.3. The van der Waals surface area contributed by atoms with Crippen molar-refractivity contribution in [1.29, 1.82) is 0 Å². The number of carbonyl (C=O) groups is 1. The van der Waals surface area contributed by atoms with Crippen LogP contribution in [0.3, 0.4) is 0 Å². The van der Waals surface area contributed by atoms with Gasteiger partial charge in [0.05, 0.1) is 15.1 Å². The van der Waals surface area contributed by atoms with Gasteiger partial charge in [0.1, 0.15) is 0 Å². The minimum Gasteiger partial charge on any atom is -0.319 e. The Morgan fingerprint density at radius 1 is 1.17 bits per heavy atom. The number of benzene rings is 2. The Hall–Kier alpha value is -2.29. The number of amides is 1. The summed E-state index contributed by atoms with van der Waals surface area (Å²) >= 11 is 1.46. The minimum atomic E-state index is -3.54. The standard InChI is InChI=1S/C22H25N3O3S2/c1-15-6-5-13-25(14-15)30(27,28)18-11-9-17(10-12-18)21(26)23-22-24(3)20-16(2)7-4-8-19(20)29-22/h4,7-12,15H,5-6,13-14H2,1-3H3. The molecule has 30 heavy (non-hydrogen) atoms. The van der Waals surface area contributed by atoms with Crippen LogP contribution in [0.5, 0.6) is 0 Å². The van der Waals surface area contributed by atoms with E-state index in [0.29, 0.717) is 29.4 Å². The van der Waals surface area contributed by atoms with E-state index in [1.54, 1.807) is 16.4 Å². The summed E-state index contributed by atoms with van der Waals surface area (Å²) in [6.45, 7) is 5.19. The van der Waals surface area contributed by atoms with E-state index < -0.39 is 10.0 Å². The lowest BCUT2D eigenvalue weighted by molar-refractivity contribution is 0.0998. The number of rotatable bonds is 3. The monoisotopic (exact) mass is 443 g/mol. The van der Waals surface area contributed by atoms with Crippen LogP contribution in [0.1, 0.15) is 35.7 Å². The topological polar surface area (TPSA) is 71.7 Å². The Kier molecular flexibility index (Phi) is 5.65. The average molecular weight is 444 g/mol. The molecule has 1 aliphatic heterocycles. The van der Waals surface area contributed by atoms with Crippen LogP contribution < -0.4 is 4.80 Å². The molecule has 1 atom stereocenters. The lowest BCUT2D eigenvalue weighted by Gasteiger charge is -2.30. The molecule has 1 saturated heterocycles. The first-order chi connectivity index (χ1) is 14.3. The highest BCUT2D eigenvalue weighted by atomic mass is 32.2. The van der Waals surface area contributed by atoms with Gasteiger partial charge >= 0.3 is 0 Å². The number of nitrogens with zero attached hydrogens (tertiary/aromatic N) is 3. The lowest BCUT2D eigenvalue weighted by atomic mass is 10.0. The third-order valence-electron chi connectivity index (χ3n) is 5.58. The van der Waals surface area contributed by atoms with Crippen LogP contribution >= 0.6 is 11.3 Å². The van der Waals surface area contributed by atoms with Crippen LogP contribution in [-0.2, 0) is 17.1 Å². The van der Waals surface area contributed by atoms with Gasteiger partial charge in [-0.1, -0.05) is 30.4 Å². The lowest BCUT2D eigenvalue weighted by Crippen LogP contribution is -2.39. The summed E-state index contributed by atoms with van der Waals surface area (Å²) in [4.78, 5) is 17.8. The van der Waals surface area contributed by atoms with Crippen LogP contribution in [0.4, 0.5) is 0 Å². The van der Waals surface area contributed by atoms with E-state index in [1.165, 1.54) is 23.5 Å². The molecule has 0 radical (unpaired) electrons. The van der Waals surface area contributed by atoms with Gasteiger partial charge in [0.2, 0.25) is 10.0 Å². The maximum absolute atomic E-state index is 12.9. The smallest absolute Gasteiger partial charge is 0.279 e. The SMILES string of the molecule is Cc1cccc2sc(=NC(=O)c3ccc(S(=O)(=O)N4CCCC(C)C4)cc3)n(C)c12. The van der Waals surface area contributed by atoms with Crippen LogP contribution in [0, 0.1) is 12.8 Å². The van der Waals surface area contributed by atoms with E-state index in [0.717, 1.165) is 28.6 Å². The molecule has 1 amide bonds. The molecular weight excluding hydrogens is 418 g/mol. The molecular formula is C22H25N3O3S2. The van der Waals surface area contributed by atoms with E-state index in [4.69, 9.17) is 0 Å². The summed E-state index contributed by atoms with van der Waals surface area (Å²) in [6.07, 6.45) is 1.93. The quantitative estimate of drug-likeness (QED) is 0.620. The third-order valence-corrected chi connectivity index (χ3v) is 8.56. The molecule has 0 N–H and O–H groups in total. The number of hydrogen-bond acceptors (Lipinski definition) is 4. The van der Waals surface area contributed by atoms with Crippen molar-refractivity contribution in [3.8, 4) is 0 Å². The Morgan fingerprint density at radius 3 is 2.57 bits per heavy atom. The molecule has 0 spiro atoms. The van der Waals surface area contributed by atoms with Gasteiger partial charge in [-0.3, -0.25) is 4.79 Å². The summed E-state index contributed by atoms with van der Waals surface area (Å²) in [7, 11) is -1.64. The van der Waals surface area contributed by atoms with Crippen LogP contribution in [0.15, 0.2) is 52.4 Å². The molecule has 6 nitrogen and oxygen atoms in total. The number of aromatic nitrogens is 1. The normalized spacial score (nSPS) is 18.8. The first-order valence-electron chi connectivity index (χ1n) is 10.0. The van der Waals surface area contributed by atoms with E-state index in [2.05, 4.69) is 11.9 Å². The number of para-hydroxylation sites is 1. The molecule has 2 heterocycles. The molecule has 0 bridgehead atoms. The number of piperidine rings is 1. The number of carbonyl (C=O) groups excluding carboxylic acids is 1. The highest BCUT2D eigenvalue weighted by Crippen LogP contribution is 2.24. The average Bonchev–Trinajstić information content (AvgIpc) is 3.04. The fourth-order valence-electron chi connectivity index (χ4n) is 3.94. The van der Waals surface area contributed by atoms with Gasteiger partial charge < -0.3 is 4.57 Å². The van der Waals surface area contributed by atoms with Crippen molar-refractivity contribution in [2.75, 3.05) is 13.1 Å². The Morgan fingerprint density at radius 2 is 1.90 bits per heavy atom. The van der Waals surface area contributed by atoms with Crippen molar-refractivity contribution in [2.45, 2.75) is 31.6 Å². The summed E-state index contributed by atoms with van der Waals surface area (Å²) in [5.74, 6) is -0.0239. The fraction of sp³-hybridized carbons (Fsp3) is 0.364. The Balaban J connectivity index is 1.62. The van der Waals surface area contributed by atoms with Crippen LogP contribution in [0.2, 0.25) is 0 Å². The summed E-state index contributed by atoms with van der Waals surface area (Å²) in [6, 6.07) is 12.1. The van der Waals surface area contributed by atoms with Gasteiger partial charge in [-0.15, -0.1) is 0 Å². The predicted octanol–water partition coefficient (Wildman–Crippen LogP) is 3.71. The molecule has 0 aliphatic carbocycles. The highest BCUT2D eigenvalue weighted by molar-refractivity contribution is 7.89.